The molecule has 5 nitrogen and oxygen atoms in total. The molecule has 1 aromatic heterocycles. The van der Waals surface area contributed by atoms with Crippen molar-refractivity contribution in [1.82, 2.24) is 4.90 Å². The molecule has 6 heteroatoms. The van der Waals surface area contributed by atoms with E-state index in [0.29, 0.717) is 17.9 Å². The van der Waals surface area contributed by atoms with Crippen LogP contribution in [0.25, 0.3) is 0 Å². The third-order valence-electron chi connectivity index (χ3n) is 4.27. The summed E-state index contributed by atoms with van der Waals surface area (Å²) in [4.78, 5) is 14.1. The number of furan rings is 1. The van der Waals surface area contributed by atoms with Crippen LogP contribution in [0.3, 0.4) is 0 Å². The first-order valence-corrected chi connectivity index (χ1v) is 9.20. The van der Waals surface area contributed by atoms with Gasteiger partial charge in [-0.2, -0.15) is 0 Å². The highest BCUT2D eigenvalue weighted by atomic mass is 32.2. The van der Waals surface area contributed by atoms with Crippen molar-refractivity contribution >= 4 is 15.7 Å². The van der Waals surface area contributed by atoms with Gasteiger partial charge in [0.2, 0.25) is 0 Å². The highest BCUT2D eigenvalue weighted by molar-refractivity contribution is 7.91. The molecule has 2 rings (SSSR count). The zero-order valence-electron chi connectivity index (χ0n) is 13.0. The van der Waals surface area contributed by atoms with Crippen LogP contribution in [0.4, 0.5) is 0 Å². The first kappa shape index (κ1) is 16.1. The quantitative estimate of drug-likeness (QED) is 0.859. The average molecular weight is 313 g/mol. The number of carbonyl (C=O) groups is 1. The number of hydrogen-bond donors (Lipinski definition) is 0. The molecule has 0 unspecified atom stereocenters. The van der Waals surface area contributed by atoms with E-state index in [4.69, 9.17) is 4.42 Å². The van der Waals surface area contributed by atoms with Crippen LogP contribution in [0.5, 0.6) is 0 Å². The summed E-state index contributed by atoms with van der Waals surface area (Å²) in [7, 11) is -1.49. The molecule has 1 aliphatic rings. The van der Waals surface area contributed by atoms with Crippen molar-refractivity contribution in [3.8, 4) is 0 Å². The smallest absolute Gasteiger partial charge is 0.289 e. The predicted molar refractivity (Wildman–Crippen MR) is 81.2 cm³/mol. The highest BCUT2D eigenvalue weighted by Gasteiger charge is 2.38. The molecule has 0 aliphatic heterocycles. The van der Waals surface area contributed by atoms with Crippen molar-refractivity contribution in [3.63, 3.8) is 0 Å². The zero-order chi connectivity index (χ0) is 15.8. The molecule has 0 bridgehead atoms. The maximum absolute atomic E-state index is 12.6. The van der Waals surface area contributed by atoms with Crippen LogP contribution in [0.1, 0.15) is 47.6 Å². The second kappa shape index (κ2) is 5.83. The zero-order valence-corrected chi connectivity index (χ0v) is 13.9. The van der Waals surface area contributed by atoms with Gasteiger partial charge in [0.1, 0.15) is 5.76 Å². The van der Waals surface area contributed by atoms with Gasteiger partial charge < -0.3 is 9.32 Å². The van der Waals surface area contributed by atoms with Gasteiger partial charge in [0.25, 0.3) is 5.91 Å². The van der Waals surface area contributed by atoms with Crippen molar-refractivity contribution in [1.29, 1.82) is 0 Å². The molecule has 0 radical (unpaired) electrons. The number of sulfone groups is 1. The molecule has 118 valence electrons. The number of hydrogen-bond acceptors (Lipinski definition) is 4. The Labute approximate surface area is 126 Å². The van der Waals surface area contributed by atoms with Crippen LogP contribution in [-0.2, 0) is 9.84 Å². The van der Waals surface area contributed by atoms with Crippen molar-refractivity contribution in [3.05, 3.63) is 23.2 Å². The second-order valence-electron chi connectivity index (χ2n) is 6.01. The van der Waals surface area contributed by atoms with E-state index in [1.807, 2.05) is 13.0 Å². The topological polar surface area (TPSA) is 67.6 Å². The van der Waals surface area contributed by atoms with Crippen molar-refractivity contribution in [2.24, 2.45) is 0 Å². The summed E-state index contributed by atoms with van der Waals surface area (Å²) in [6, 6.07) is 1.54. The molecule has 0 N–H and O–H groups in total. The number of amides is 1. The van der Waals surface area contributed by atoms with E-state index in [2.05, 4.69) is 0 Å². The Morgan fingerprint density at radius 2 is 1.90 bits per heavy atom. The number of rotatable bonds is 3. The fraction of sp³-hybridized carbons (Fsp3) is 0.667. The largest absolute Gasteiger partial charge is 0.456 e. The first-order chi connectivity index (χ1) is 9.71. The van der Waals surface area contributed by atoms with E-state index in [-0.39, 0.29) is 11.9 Å². The third-order valence-corrected chi connectivity index (χ3v) is 5.92. The number of nitrogens with zero attached hydrogens (tertiary/aromatic N) is 1. The molecule has 0 spiro atoms. The lowest BCUT2D eigenvalue weighted by Crippen LogP contribution is -2.49. The van der Waals surface area contributed by atoms with Gasteiger partial charge in [-0.1, -0.05) is 12.8 Å². The molecule has 2 atom stereocenters. The fourth-order valence-corrected chi connectivity index (χ4v) is 4.67. The Hall–Kier alpha value is -1.30. The van der Waals surface area contributed by atoms with Gasteiger partial charge in [0, 0.05) is 24.9 Å². The SMILES string of the molecule is Cc1cc(C)c(C(=O)N(C)[C@H]2CCCC[C@H]2S(C)(=O)=O)o1. The minimum Gasteiger partial charge on any atom is -0.456 e. The Morgan fingerprint density at radius 1 is 1.29 bits per heavy atom. The first-order valence-electron chi connectivity index (χ1n) is 7.25. The van der Waals surface area contributed by atoms with Gasteiger partial charge in [-0.15, -0.1) is 0 Å². The lowest BCUT2D eigenvalue weighted by molar-refractivity contribution is 0.0666. The Kier molecular flexibility index (Phi) is 4.46. The van der Waals surface area contributed by atoms with Gasteiger partial charge >= 0.3 is 0 Å². The van der Waals surface area contributed by atoms with Crippen LogP contribution in [0, 0.1) is 13.8 Å². The van der Waals surface area contributed by atoms with Crippen molar-refractivity contribution < 1.29 is 17.6 Å². The molecule has 1 amide bonds. The standard InChI is InChI=1S/C15H23NO4S/c1-10-9-11(2)20-14(10)15(17)16(3)12-7-5-6-8-13(12)21(4,18)19/h9,12-13H,5-8H2,1-4H3/t12-,13+/m0/s1. The third kappa shape index (κ3) is 3.31. The molecule has 1 heterocycles. The van der Waals surface area contributed by atoms with E-state index in [0.717, 1.165) is 24.8 Å². The summed E-state index contributed by atoms with van der Waals surface area (Å²) in [5.74, 6) is 0.765. The van der Waals surface area contributed by atoms with Crippen molar-refractivity contribution in [2.45, 2.75) is 50.8 Å². The maximum Gasteiger partial charge on any atom is 0.289 e. The molecule has 0 saturated heterocycles. The Bertz CT molecular complexity index is 632. The van der Waals surface area contributed by atoms with Gasteiger partial charge in [-0.3, -0.25) is 4.79 Å². The summed E-state index contributed by atoms with van der Waals surface area (Å²) in [6.45, 7) is 3.62. The number of aryl methyl sites for hydroxylation is 2. The van der Waals surface area contributed by atoms with Crippen molar-refractivity contribution in [2.75, 3.05) is 13.3 Å². The summed E-state index contributed by atoms with van der Waals surface area (Å²) >= 11 is 0. The summed E-state index contributed by atoms with van der Waals surface area (Å²) in [5.41, 5.74) is 0.788. The molecule has 1 fully saturated rings. The summed E-state index contributed by atoms with van der Waals surface area (Å²) < 4.78 is 29.4. The minimum atomic E-state index is -3.17. The average Bonchev–Trinajstić information content (AvgIpc) is 2.75. The van der Waals surface area contributed by atoms with E-state index < -0.39 is 15.1 Å². The monoisotopic (exact) mass is 313 g/mol. The van der Waals surface area contributed by atoms with Crippen LogP contribution < -0.4 is 0 Å². The van der Waals surface area contributed by atoms with Crippen LogP contribution in [-0.4, -0.2) is 43.8 Å². The molecule has 21 heavy (non-hydrogen) atoms. The highest BCUT2D eigenvalue weighted by Crippen LogP contribution is 2.29. The molecular weight excluding hydrogens is 290 g/mol. The predicted octanol–water partition coefficient (Wildman–Crippen LogP) is 2.32. The van der Waals surface area contributed by atoms with Crippen LogP contribution in [0.2, 0.25) is 0 Å². The van der Waals surface area contributed by atoms with E-state index in [1.165, 1.54) is 6.26 Å². The summed E-state index contributed by atoms with van der Waals surface area (Å²) in [6.07, 6.45) is 4.45. The Morgan fingerprint density at radius 3 is 2.43 bits per heavy atom. The van der Waals surface area contributed by atoms with Gasteiger partial charge in [-0.05, 0) is 32.8 Å². The maximum atomic E-state index is 12.6. The molecular formula is C15H23NO4S. The Balaban J connectivity index is 2.27. The van der Waals surface area contributed by atoms with Gasteiger partial charge in [-0.25, -0.2) is 8.42 Å². The van der Waals surface area contributed by atoms with Crippen LogP contribution in [0.15, 0.2) is 10.5 Å². The van der Waals surface area contributed by atoms with E-state index in [1.54, 1.807) is 18.9 Å². The van der Waals surface area contributed by atoms with Gasteiger partial charge in [0.15, 0.2) is 15.6 Å². The van der Waals surface area contributed by atoms with E-state index >= 15 is 0 Å². The minimum absolute atomic E-state index is 0.235. The molecule has 1 saturated carbocycles. The summed E-state index contributed by atoms with van der Waals surface area (Å²) in [5, 5.41) is -0.475. The molecule has 0 aromatic carbocycles. The lowest BCUT2D eigenvalue weighted by atomic mass is 9.93. The molecule has 1 aromatic rings. The second-order valence-corrected chi connectivity index (χ2v) is 8.27. The fourth-order valence-electron chi connectivity index (χ4n) is 3.18. The van der Waals surface area contributed by atoms with Gasteiger partial charge in [0.05, 0.1) is 5.25 Å². The lowest BCUT2D eigenvalue weighted by Gasteiger charge is -2.36. The number of carbonyl (C=O) groups excluding carboxylic acids is 1. The van der Waals surface area contributed by atoms with E-state index in [9.17, 15) is 13.2 Å². The normalized spacial score (nSPS) is 23.0. The van der Waals surface area contributed by atoms with Crippen LogP contribution >= 0.6 is 0 Å². The molecule has 1 aliphatic carbocycles.